The van der Waals surface area contributed by atoms with Gasteiger partial charge in [0.1, 0.15) is 0 Å². The largest absolute Gasteiger partial charge is 0.493 e. The molecule has 90 valence electrons. The molecule has 5 heteroatoms. The van der Waals surface area contributed by atoms with Crippen LogP contribution in [0.1, 0.15) is 0 Å². The summed E-state index contributed by atoms with van der Waals surface area (Å²) in [6, 6.07) is 5.69. The van der Waals surface area contributed by atoms with E-state index in [0.717, 1.165) is 11.3 Å². The summed E-state index contributed by atoms with van der Waals surface area (Å²) < 4.78 is 20.2. The lowest BCUT2D eigenvalue weighted by atomic mass is 10.1. The van der Waals surface area contributed by atoms with E-state index in [9.17, 15) is 0 Å². The first kappa shape index (κ1) is 11.7. The first-order valence-corrected chi connectivity index (χ1v) is 5.85. The Kier molecular flexibility index (Phi) is 3.49. The van der Waals surface area contributed by atoms with E-state index in [1.165, 1.54) is 11.5 Å². The van der Waals surface area contributed by atoms with Gasteiger partial charge >= 0.3 is 0 Å². The number of hydrogen-bond acceptors (Lipinski definition) is 5. The van der Waals surface area contributed by atoms with Crippen molar-refractivity contribution in [3.63, 3.8) is 0 Å². The van der Waals surface area contributed by atoms with Gasteiger partial charge in [-0.1, -0.05) is 0 Å². The molecule has 17 heavy (non-hydrogen) atoms. The molecule has 0 aliphatic heterocycles. The van der Waals surface area contributed by atoms with E-state index >= 15 is 0 Å². The lowest BCUT2D eigenvalue weighted by Gasteiger charge is -2.14. The Hall–Kier alpha value is -1.75. The highest BCUT2D eigenvalue weighted by molar-refractivity contribution is 7.03. The van der Waals surface area contributed by atoms with E-state index in [4.69, 9.17) is 14.2 Å². The summed E-state index contributed by atoms with van der Waals surface area (Å²) in [6.07, 6.45) is 0. The number of benzene rings is 1. The topological polar surface area (TPSA) is 40.6 Å². The SMILES string of the molecule is COc1ccc(-c2ccsn2)c(OC)c1OC. The van der Waals surface area contributed by atoms with E-state index in [1.807, 2.05) is 23.6 Å². The zero-order chi connectivity index (χ0) is 12.3. The Morgan fingerprint density at radius 1 is 0.941 bits per heavy atom. The molecule has 0 spiro atoms. The van der Waals surface area contributed by atoms with E-state index < -0.39 is 0 Å². The third-order valence-electron chi connectivity index (χ3n) is 2.42. The molecule has 0 fully saturated rings. The van der Waals surface area contributed by atoms with Crippen molar-refractivity contribution in [3.05, 3.63) is 23.6 Å². The summed E-state index contributed by atoms with van der Waals surface area (Å²) in [7, 11) is 4.79. The zero-order valence-corrected chi connectivity index (χ0v) is 10.7. The first-order valence-electron chi connectivity index (χ1n) is 5.01. The Morgan fingerprint density at radius 3 is 2.24 bits per heavy atom. The summed E-state index contributed by atoms with van der Waals surface area (Å²) >= 11 is 1.40. The van der Waals surface area contributed by atoms with Crippen LogP contribution >= 0.6 is 11.5 Å². The first-order chi connectivity index (χ1) is 8.31. The molecule has 0 atom stereocenters. The van der Waals surface area contributed by atoms with Crippen LogP contribution in [0.4, 0.5) is 0 Å². The van der Waals surface area contributed by atoms with Crippen molar-refractivity contribution in [2.45, 2.75) is 0 Å². The van der Waals surface area contributed by atoms with Gasteiger partial charge < -0.3 is 14.2 Å². The van der Waals surface area contributed by atoms with Crippen LogP contribution in [-0.2, 0) is 0 Å². The summed E-state index contributed by atoms with van der Waals surface area (Å²) in [5, 5.41) is 1.92. The summed E-state index contributed by atoms with van der Waals surface area (Å²) in [5.74, 6) is 1.86. The second-order valence-corrected chi connectivity index (χ2v) is 3.93. The fraction of sp³-hybridized carbons (Fsp3) is 0.250. The number of aromatic nitrogens is 1. The Balaban J connectivity index is 2.61. The number of hydrogen-bond donors (Lipinski definition) is 0. The highest BCUT2D eigenvalue weighted by Gasteiger charge is 2.17. The quantitative estimate of drug-likeness (QED) is 0.837. The van der Waals surface area contributed by atoms with Crippen molar-refractivity contribution < 1.29 is 14.2 Å². The van der Waals surface area contributed by atoms with Crippen molar-refractivity contribution in [2.75, 3.05) is 21.3 Å². The average molecular weight is 251 g/mol. The maximum absolute atomic E-state index is 5.39. The summed E-state index contributed by atoms with van der Waals surface area (Å²) in [4.78, 5) is 0. The van der Waals surface area contributed by atoms with Crippen LogP contribution in [0, 0.1) is 0 Å². The molecule has 1 heterocycles. The van der Waals surface area contributed by atoms with Crippen molar-refractivity contribution in [1.29, 1.82) is 0 Å². The second-order valence-electron chi connectivity index (χ2n) is 3.27. The van der Waals surface area contributed by atoms with Gasteiger partial charge in [-0.2, -0.15) is 4.37 Å². The minimum absolute atomic E-state index is 0.584. The monoisotopic (exact) mass is 251 g/mol. The third kappa shape index (κ3) is 2.06. The highest BCUT2D eigenvalue weighted by Crippen LogP contribution is 2.43. The van der Waals surface area contributed by atoms with Crippen LogP contribution < -0.4 is 14.2 Å². The summed E-state index contributed by atoms with van der Waals surface area (Å²) in [5.41, 5.74) is 1.76. The van der Waals surface area contributed by atoms with E-state index in [1.54, 1.807) is 21.3 Å². The van der Waals surface area contributed by atoms with Gasteiger partial charge in [-0.15, -0.1) is 0 Å². The van der Waals surface area contributed by atoms with Crippen molar-refractivity contribution in [2.24, 2.45) is 0 Å². The van der Waals surface area contributed by atoms with Gasteiger partial charge in [0.05, 0.1) is 27.0 Å². The molecule has 2 rings (SSSR count). The number of nitrogens with zero attached hydrogens (tertiary/aromatic N) is 1. The smallest absolute Gasteiger partial charge is 0.203 e. The summed E-state index contributed by atoms with van der Waals surface area (Å²) in [6.45, 7) is 0. The maximum Gasteiger partial charge on any atom is 0.203 e. The van der Waals surface area contributed by atoms with Crippen LogP contribution in [0.25, 0.3) is 11.3 Å². The minimum Gasteiger partial charge on any atom is -0.493 e. The molecule has 0 saturated carbocycles. The number of rotatable bonds is 4. The van der Waals surface area contributed by atoms with Crippen molar-refractivity contribution in [1.82, 2.24) is 4.37 Å². The molecule has 1 aromatic carbocycles. The van der Waals surface area contributed by atoms with Gasteiger partial charge in [0, 0.05) is 10.9 Å². The molecule has 0 saturated heterocycles. The van der Waals surface area contributed by atoms with Gasteiger partial charge in [-0.3, -0.25) is 0 Å². The maximum atomic E-state index is 5.39. The Morgan fingerprint density at radius 2 is 1.71 bits per heavy atom. The fourth-order valence-corrected chi connectivity index (χ4v) is 2.18. The second kappa shape index (κ2) is 5.05. The molecule has 0 bridgehead atoms. The van der Waals surface area contributed by atoms with Crippen molar-refractivity contribution >= 4 is 11.5 Å². The van der Waals surface area contributed by atoms with E-state index in [2.05, 4.69) is 4.37 Å². The molecule has 0 amide bonds. The van der Waals surface area contributed by atoms with Crippen LogP contribution in [-0.4, -0.2) is 25.7 Å². The molecule has 1 aromatic heterocycles. The predicted molar refractivity (Wildman–Crippen MR) is 67.2 cm³/mol. The molecule has 0 aliphatic carbocycles. The van der Waals surface area contributed by atoms with Crippen LogP contribution in [0.3, 0.4) is 0 Å². The van der Waals surface area contributed by atoms with Crippen LogP contribution in [0.15, 0.2) is 23.6 Å². The predicted octanol–water partition coefficient (Wildman–Crippen LogP) is 2.84. The van der Waals surface area contributed by atoms with Crippen molar-refractivity contribution in [3.8, 4) is 28.5 Å². The van der Waals surface area contributed by atoms with E-state index in [0.29, 0.717) is 17.2 Å². The highest BCUT2D eigenvalue weighted by atomic mass is 32.1. The average Bonchev–Trinajstić information content (AvgIpc) is 2.90. The zero-order valence-electron chi connectivity index (χ0n) is 9.89. The molecule has 0 radical (unpaired) electrons. The molecular weight excluding hydrogens is 238 g/mol. The fourth-order valence-electron chi connectivity index (χ4n) is 1.65. The molecule has 0 aliphatic rings. The van der Waals surface area contributed by atoms with Gasteiger partial charge in [0.2, 0.25) is 5.75 Å². The van der Waals surface area contributed by atoms with Gasteiger partial charge in [0.25, 0.3) is 0 Å². The molecule has 0 unspecified atom stereocenters. The minimum atomic E-state index is 0.584. The van der Waals surface area contributed by atoms with Gasteiger partial charge in [0.15, 0.2) is 11.5 Å². The molecule has 2 aromatic rings. The number of ether oxygens (including phenoxy) is 3. The van der Waals surface area contributed by atoms with Gasteiger partial charge in [-0.05, 0) is 29.7 Å². The lowest BCUT2D eigenvalue weighted by molar-refractivity contribution is 0.325. The molecule has 0 N–H and O–H groups in total. The van der Waals surface area contributed by atoms with Crippen LogP contribution in [0.2, 0.25) is 0 Å². The normalized spacial score (nSPS) is 10.1. The lowest BCUT2D eigenvalue weighted by Crippen LogP contribution is -1.96. The Bertz CT molecular complexity index is 497. The standard InChI is InChI=1S/C12H13NO3S/c1-14-10-5-4-8(9-6-7-17-13-9)11(15-2)12(10)16-3/h4-7H,1-3H3. The molecular formula is C12H13NO3S. The van der Waals surface area contributed by atoms with Crippen LogP contribution in [0.5, 0.6) is 17.2 Å². The molecule has 4 nitrogen and oxygen atoms in total. The Labute approximate surface area is 104 Å². The number of methoxy groups -OCH3 is 3. The third-order valence-corrected chi connectivity index (χ3v) is 2.98. The van der Waals surface area contributed by atoms with Gasteiger partial charge in [-0.25, -0.2) is 0 Å². The van der Waals surface area contributed by atoms with E-state index in [-0.39, 0.29) is 0 Å².